The molecule has 14 heavy (non-hydrogen) atoms. The molecule has 0 aliphatic carbocycles. The Morgan fingerprint density at radius 2 is 2.43 bits per heavy atom. The molecule has 0 bridgehead atoms. The van der Waals surface area contributed by atoms with Gasteiger partial charge in [-0.25, -0.2) is 0 Å². The Balaban J connectivity index is 3.04. The summed E-state index contributed by atoms with van der Waals surface area (Å²) >= 11 is 0. The molecule has 2 N–H and O–H groups in total. The predicted octanol–water partition coefficient (Wildman–Crippen LogP) is 0.481. The second-order valence-electron chi connectivity index (χ2n) is 2.90. The van der Waals surface area contributed by atoms with E-state index in [0.717, 1.165) is 0 Å². The zero-order valence-corrected chi connectivity index (χ0v) is 7.89. The number of hydrogen-bond acceptors (Lipinski definition) is 6. The van der Waals surface area contributed by atoms with Crippen molar-refractivity contribution in [3.63, 3.8) is 0 Å². The van der Waals surface area contributed by atoms with Crippen molar-refractivity contribution in [2.45, 2.75) is 19.4 Å². The van der Waals surface area contributed by atoms with Crippen LogP contribution in [0.4, 0.5) is 5.69 Å². The topological polar surface area (TPSA) is 104 Å². The summed E-state index contributed by atoms with van der Waals surface area (Å²) in [4.78, 5) is 10.0. The van der Waals surface area contributed by atoms with Gasteiger partial charge in [0.05, 0.1) is 12.0 Å². The number of rotatable bonds is 4. The van der Waals surface area contributed by atoms with Gasteiger partial charge >= 0.3 is 11.6 Å². The van der Waals surface area contributed by atoms with Crippen molar-refractivity contribution >= 4 is 5.69 Å². The van der Waals surface area contributed by atoms with Crippen LogP contribution in [0.15, 0.2) is 4.52 Å². The molecule has 0 aliphatic rings. The van der Waals surface area contributed by atoms with Crippen LogP contribution >= 0.6 is 0 Å². The van der Waals surface area contributed by atoms with Crippen LogP contribution in [0.25, 0.3) is 0 Å². The molecule has 0 amide bonds. The third kappa shape index (κ3) is 1.99. The summed E-state index contributed by atoms with van der Waals surface area (Å²) in [7, 11) is 1.29. The van der Waals surface area contributed by atoms with E-state index in [0.29, 0.717) is 0 Å². The number of aromatic nitrogens is 1. The fourth-order valence-corrected chi connectivity index (χ4v) is 1.04. The molecule has 1 rings (SSSR count). The molecule has 7 heteroatoms. The van der Waals surface area contributed by atoms with Gasteiger partial charge in [-0.1, -0.05) is 0 Å². The van der Waals surface area contributed by atoms with Gasteiger partial charge in [-0.3, -0.25) is 10.1 Å². The lowest BCUT2D eigenvalue weighted by molar-refractivity contribution is -0.387. The highest BCUT2D eigenvalue weighted by Gasteiger charge is 2.28. The maximum absolute atomic E-state index is 10.6. The van der Waals surface area contributed by atoms with Crippen LogP contribution in [0.5, 0.6) is 5.88 Å². The van der Waals surface area contributed by atoms with Crippen LogP contribution < -0.4 is 10.5 Å². The molecule has 0 aromatic carbocycles. The monoisotopic (exact) mass is 201 g/mol. The van der Waals surface area contributed by atoms with Gasteiger partial charge in [-0.05, 0) is 12.1 Å². The van der Waals surface area contributed by atoms with Gasteiger partial charge in [-0.2, -0.15) is 0 Å². The van der Waals surface area contributed by atoms with Crippen molar-refractivity contribution in [1.82, 2.24) is 5.16 Å². The molecule has 78 valence electrons. The van der Waals surface area contributed by atoms with E-state index in [9.17, 15) is 10.1 Å². The Bertz CT molecular complexity index is 334. The van der Waals surface area contributed by atoms with Gasteiger partial charge in [0.1, 0.15) is 0 Å². The molecule has 1 aromatic rings. The zero-order valence-electron chi connectivity index (χ0n) is 7.89. The molecule has 0 saturated carbocycles. The number of ether oxygens (including phenoxy) is 1. The first kappa shape index (κ1) is 10.5. The Labute approximate surface area is 80.0 Å². The average Bonchev–Trinajstić information content (AvgIpc) is 2.46. The molecule has 7 nitrogen and oxygen atoms in total. The van der Waals surface area contributed by atoms with Crippen LogP contribution in [0.3, 0.4) is 0 Å². The molecule has 0 radical (unpaired) electrons. The summed E-state index contributed by atoms with van der Waals surface area (Å²) in [5.41, 5.74) is 5.25. The van der Waals surface area contributed by atoms with E-state index in [2.05, 4.69) is 9.89 Å². The summed E-state index contributed by atoms with van der Waals surface area (Å²) < 4.78 is 9.44. The lowest BCUT2D eigenvalue weighted by Gasteiger charge is -1.98. The number of methoxy groups -OCH3 is 1. The standard InChI is InChI=1S/C7H11N3O4/c1-4(8)3-5-6(10(11)12)7(13-2)9-14-5/h4H,3,8H2,1-2H3. The second kappa shape index (κ2) is 4.05. The molecule has 1 unspecified atom stereocenters. The quantitative estimate of drug-likeness (QED) is 0.561. The molecule has 0 fully saturated rings. The summed E-state index contributed by atoms with van der Waals surface area (Å²) in [6, 6.07) is -0.230. The highest BCUT2D eigenvalue weighted by atomic mass is 16.6. The van der Waals surface area contributed by atoms with E-state index in [1.54, 1.807) is 6.92 Å². The van der Waals surface area contributed by atoms with Crippen molar-refractivity contribution in [1.29, 1.82) is 0 Å². The summed E-state index contributed by atoms with van der Waals surface area (Å²) in [6.07, 6.45) is 0.257. The van der Waals surface area contributed by atoms with Crippen molar-refractivity contribution in [2.24, 2.45) is 5.73 Å². The highest BCUT2D eigenvalue weighted by Crippen LogP contribution is 2.30. The number of nitrogens with two attached hydrogens (primary N) is 1. The van der Waals surface area contributed by atoms with Gasteiger partial charge in [-0.15, -0.1) is 0 Å². The third-order valence-electron chi connectivity index (χ3n) is 1.59. The van der Waals surface area contributed by atoms with Crippen molar-refractivity contribution in [3.8, 4) is 5.88 Å². The molecular formula is C7H11N3O4. The van der Waals surface area contributed by atoms with Crippen LogP contribution in [0.1, 0.15) is 12.7 Å². The largest absolute Gasteiger partial charge is 0.474 e. The Morgan fingerprint density at radius 1 is 1.79 bits per heavy atom. The minimum absolute atomic E-state index is 0.120. The van der Waals surface area contributed by atoms with Gasteiger partial charge in [0.25, 0.3) is 0 Å². The van der Waals surface area contributed by atoms with Crippen LogP contribution in [-0.4, -0.2) is 23.2 Å². The van der Waals surface area contributed by atoms with E-state index >= 15 is 0 Å². The van der Waals surface area contributed by atoms with Crippen LogP contribution in [0.2, 0.25) is 0 Å². The third-order valence-corrected chi connectivity index (χ3v) is 1.59. The molecule has 0 spiro atoms. The lowest BCUT2D eigenvalue weighted by Crippen LogP contribution is -2.17. The predicted molar refractivity (Wildman–Crippen MR) is 47.1 cm³/mol. The summed E-state index contributed by atoms with van der Waals surface area (Å²) in [6.45, 7) is 1.72. The SMILES string of the molecule is COc1noc(CC(C)N)c1[N+](=O)[O-]. The fourth-order valence-electron chi connectivity index (χ4n) is 1.04. The smallest absolute Gasteiger partial charge is 0.374 e. The molecule has 1 atom stereocenters. The van der Waals surface area contributed by atoms with Crippen molar-refractivity contribution in [2.75, 3.05) is 7.11 Å². The first-order valence-electron chi connectivity index (χ1n) is 3.98. The number of hydrogen-bond donors (Lipinski definition) is 1. The first-order chi connectivity index (χ1) is 6.56. The Hall–Kier alpha value is -1.63. The highest BCUT2D eigenvalue weighted by molar-refractivity contribution is 5.43. The van der Waals surface area contributed by atoms with E-state index < -0.39 is 4.92 Å². The molecule has 0 aliphatic heterocycles. The average molecular weight is 201 g/mol. The van der Waals surface area contributed by atoms with Gasteiger partial charge < -0.3 is 15.0 Å². The van der Waals surface area contributed by atoms with E-state index in [4.69, 9.17) is 10.3 Å². The van der Waals surface area contributed by atoms with E-state index in [1.807, 2.05) is 0 Å². The molecular weight excluding hydrogens is 190 g/mol. The van der Waals surface area contributed by atoms with Crippen LogP contribution in [-0.2, 0) is 6.42 Å². The maximum atomic E-state index is 10.6. The molecule has 0 saturated heterocycles. The molecule has 1 heterocycles. The van der Waals surface area contributed by atoms with Gasteiger partial charge in [0.15, 0.2) is 0 Å². The van der Waals surface area contributed by atoms with Crippen molar-refractivity contribution in [3.05, 3.63) is 15.9 Å². The minimum atomic E-state index is -0.590. The number of nitro groups is 1. The van der Waals surface area contributed by atoms with Crippen LogP contribution in [0, 0.1) is 10.1 Å². The molecule has 1 aromatic heterocycles. The Morgan fingerprint density at radius 3 is 2.86 bits per heavy atom. The van der Waals surface area contributed by atoms with Gasteiger partial charge in [0, 0.05) is 12.5 Å². The second-order valence-corrected chi connectivity index (χ2v) is 2.90. The maximum Gasteiger partial charge on any atom is 0.374 e. The zero-order chi connectivity index (χ0) is 10.7. The minimum Gasteiger partial charge on any atom is -0.474 e. The van der Waals surface area contributed by atoms with Gasteiger partial charge in [0.2, 0.25) is 5.76 Å². The summed E-state index contributed by atoms with van der Waals surface area (Å²) in [5, 5.41) is 14.0. The van der Waals surface area contributed by atoms with E-state index in [1.165, 1.54) is 7.11 Å². The number of nitrogens with zero attached hydrogens (tertiary/aromatic N) is 2. The van der Waals surface area contributed by atoms with E-state index in [-0.39, 0.29) is 29.8 Å². The fraction of sp³-hybridized carbons (Fsp3) is 0.571. The lowest BCUT2D eigenvalue weighted by atomic mass is 10.2. The summed E-state index contributed by atoms with van der Waals surface area (Å²) in [5.74, 6) is 0.0208. The Kier molecular flexibility index (Phi) is 3.03. The normalized spacial score (nSPS) is 12.5. The first-order valence-corrected chi connectivity index (χ1v) is 3.98. The van der Waals surface area contributed by atoms with Crippen molar-refractivity contribution < 1.29 is 14.2 Å².